The molecule has 3 rings (SSSR count). The van der Waals surface area contributed by atoms with Crippen molar-refractivity contribution >= 4 is 5.69 Å². The predicted molar refractivity (Wildman–Crippen MR) is 119 cm³/mol. The van der Waals surface area contributed by atoms with Gasteiger partial charge >= 0.3 is 0 Å². The Morgan fingerprint density at radius 3 is 2.15 bits per heavy atom. The summed E-state index contributed by atoms with van der Waals surface area (Å²) in [6, 6.07) is 17.5. The van der Waals surface area contributed by atoms with Crippen LogP contribution in [0.4, 0.5) is 5.69 Å². The van der Waals surface area contributed by atoms with Crippen LogP contribution in [0.2, 0.25) is 0 Å². The quantitative estimate of drug-likeness (QED) is 0.508. The molecule has 0 bridgehead atoms. The summed E-state index contributed by atoms with van der Waals surface area (Å²) in [6.07, 6.45) is 18.0. The summed E-state index contributed by atoms with van der Waals surface area (Å²) in [7, 11) is 0. The van der Waals surface area contributed by atoms with Crippen molar-refractivity contribution in [2.24, 2.45) is 0 Å². The summed E-state index contributed by atoms with van der Waals surface area (Å²) in [6.45, 7) is 6.27. The smallest absolute Gasteiger partial charge is 0.0458 e. The van der Waals surface area contributed by atoms with Crippen LogP contribution in [-0.2, 0) is 0 Å². The Morgan fingerprint density at radius 1 is 0.852 bits per heavy atom. The lowest BCUT2D eigenvalue weighted by Crippen LogP contribution is -2.20. The molecule has 2 aromatic rings. The topological polar surface area (TPSA) is 3.24 Å². The van der Waals surface area contributed by atoms with Crippen LogP contribution in [0.1, 0.15) is 25.8 Å². The number of rotatable bonds is 5. The van der Waals surface area contributed by atoms with Gasteiger partial charge in [0, 0.05) is 23.5 Å². The van der Waals surface area contributed by atoms with Crippen molar-refractivity contribution in [2.75, 3.05) is 4.90 Å². The van der Waals surface area contributed by atoms with Crippen LogP contribution in [0, 0.1) is 6.92 Å². The van der Waals surface area contributed by atoms with E-state index in [4.69, 9.17) is 0 Å². The normalized spacial score (nSPS) is 14.3. The Balaban J connectivity index is 1.99. The SMILES string of the molecule is C/C=C\C(=C/C)N(C1=CC=CC=CC1)c1ccc(-c2ccc(C)cc2)cc1. The standard InChI is InChI=1S/C26H27N/c1-4-10-24(5-2)27(25-11-8-6-7-9-12-25)26-19-17-23(18-20-26)22-15-13-21(3)14-16-22/h4-11,13-20H,12H2,1-3H3/b10-4-,24-5+. The minimum atomic E-state index is 0.904. The molecule has 0 spiro atoms. The Morgan fingerprint density at radius 2 is 1.52 bits per heavy atom. The maximum Gasteiger partial charge on any atom is 0.0458 e. The first-order chi connectivity index (χ1) is 13.2. The van der Waals surface area contributed by atoms with Crippen LogP contribution < -0.4 is 4.90 Å². The molecule has 27 heavy (non-hydrogen) atoms. The molecule has 0 radical (unpaired) electrons. The van der Waals surface area contributed by atoms with E-state index in [1.54, 1.807) is 0 Å². The molecule has 0 N–H and O–H groups in total. The highest BCUT2D eigenvalue weighted by atomic mass is 15.2. The third-order valence-corrected chi connectivity index (χ3v) is 4.66. The summed E-state index contributed by atoms with van der Waals surface area (Å²) in [5.74, 6) is 0. The van der Waals surface area contributed by atoms with E-state index in [1.165, 1.54) is 33.8 Å². The van der Waals surface area contributed by atoms with Gasteiger partial charge in [-0.15, -0.1) is 0 Å². The van der Waals surface area contributed by atoms with Crippen LogP contribution >= 0.6 is 0 Å². The molecule has 1 nitrogen and oxygen atoms in total. The Bertz CT molecular complexity index is 904. The average Bonchev–Trinajstić information content (AvgIpc) is 2.98. The van der Waals surface area contributed by atoms with E-state index >= 15 is 0 Å². The summed E-state index contributed by atoms with van der Waals surface area (Å²) < 4.78 is 0. The highest BCUT2D eigenvalue weighted by Crippen LogP contribution is 2.30. The zero-order valence-electron chi connectivity index (χ0n) is 16.4. The van der Waals surface area contributed by atoms with Crippen molar-refractivity contribution < 1.29 is 0 Å². The van der Waals surface area contributed by atoms with Crippen molar-refractivity contribution in [3.8, 4) is 11.1 Å². The number of hydrogen-bond acceptors (Lipinski definition) is 1. The molecule has 0 aliphatic heterocycles. The minimum absolute atomic E-state index is 0.904. The molecule has 0 saturated carbocycles. The molecule has 0 amide bonds. The second-order valence-electron chi connectivity index (χ2n) is 6.64. The maximum atomic E-state index is 2.33. The third-order valence-electron chi connectivity index (χ3n) is 4.66. The number of hydrogen-bond donors (Lipinski definition) is 0. The molecule has 0 heterocycles. The fourth-order valence-corrected chi connectivity index (χ4v) is 3.23. The summed E-state index contributed by atoms with van der Waals surface area (Å²) in [5.41, 5.74) is 7.38. The van der Waals surface area contributed by atoms with Gasteiger partial charge in [0.25, 0.3) is 0 Å². The minimum Gasteiger partial charge on any atom is -0.314 e. The van der Waals surface area contributed by atoms with E-state index in [0.29, 0.717) is 0 Å². The van der Waals surface area contributed by atoms with Gasteiger partial charge in [0.15, 0.2) is 0 Å². The van der Waals surface area contributed by atoms with E-state index in [9.17, 15) is 0 Å². The zero-order chi connectivity index (χ0) is 19.1. The van der Waals surface area contributed by atoms with Crippen LogP contribution in [0.25, 0.3) is 11.1 Å². The maximum absolute atomic E-state index is 2.33. The Hall–Kier alpha value is -3.06. The summed E-state index contributed by atoms with van der Waals surface area (Å²) in [5, 5.41) is 0. The largest absolute Gasteiger partial charge is 0.314 e. The highest BCUT2D eigenvalue weighted by Gasteiger charge is 2.14. The fourth-order valence-electron chi connectivity index (χ4n) is 3.23. The van der Waals surface area contributed by atoms with Gasteiger partial charge in [-0.1, -0.05) is 78.4 Å². The van der Waals surface area contributed by atoms with Gasteiger partial charge in [0.1, 0.15) is 0 Å². The number of nitrogens with zero attached hydrogens (tertiary/aromatic N) is 1. The molecule has 1 aliphatic rings. The summed E-state index contributed by atoms with van der Waals surface area (Å²) in [4.78, 5) is 2.33. The third kappa shape index (κ3) is 4.57. The predicted octanol–water partition coefficient (Wildman–Crippen LogP) is 7.35. The number of aryl methyl sites for hydroxylation is 1. The first-order valence-corrected chi connectivity index (χ1v) is 9.51. The van der Waals surface area contributed by atoms with Crippen molar-refractivity contribution in [3.05, 3.63) is 114 Å². The van der Waals surface area contributed by atoms with Crippen molar-refractivity contribution in [3.63, 3.8) is 0 Å². The Kier molecular flexibility index (Phi) is 6.27. The van der Waals surface area contributed by atoms with Crippen molar-refractivity contribution in [1.29, 1.82) is 0 Å². The lowest BCUT2D eigenvalue weighted by molar-refractivity contribution is 1.03. The molecule has 0 unspecified atom stereocenters. The second kappa shape index (κ2) is 9.05. The second-order valence-corrected chi connectivity index (χ2v) is 6.64. The van der Waals surface area contributed by atoms with E-state index in [1.807, 2.05) is 0 Å². The molecule has 1 heteroatoms. The molecule has 2 aromatic carbocycles. The van der Waals surface area contributed by atoms with Gasteiger partial charge in [-0.05, 0) is 56.2 Å². The molecule has 136 valence electrons. The average molecular weight is 354 g/mol. The monoisotopic (exact) mass is 353 g/mol. The van der Waals surface area contributed by atoms with E-state index in [-0.39, 0.29) is 0 Å². The van der Waals surface area contributed by atoms with Crippen LogP contribution in [0.15, 0.2) is 109 Å². The molecule has 0 atom stereocenters. The molecule has 0 saturated heterocycles. The van der Waals surface area contributed by atoms with Gasteiger partial charge in [-0.2, -0.15) is 0 Å². The number of allylic oxidation sites excluding steroid dienone is 8. The van der Waals surface area contributed by atoms with Gasteiger partial charge in [0.2, 0.25) is 0 Å². The number of benzene rings is 2. The van der Waals surface area contributed by atoms with Crippen LogP contribution in [0.5, 0.6) is 0 Å². The summed E-state index contributed by atoms with van der Waals surface area (Å²) >= 11 is 0. The first kappa shape index (κ1) is 18.7. The first-order valence-electron chi connectivity index (χ1n) is 9.51. The van der Waals surface area contributed by atoms with E-state index < -0.39 is 0 Å². The van der Waals surface area contributed by atoms with Crippen molar-refractivity contribution in [1.82, 2.24) is 0 Å². The fraction of sp³-hybridized carbons (Fsp3) is 0.154. The van der Waals surface area contributed by atoms with Crippen LogP contribution in [0.3, 0.4) is 0 Å². The van der Waals surface area contributed by atoms with Crippen molar-refractivity contribution in [2.45, 2.75) is 27.2 Å². The van der Waals surface area contributed by atoms with Gasteiger partial charge in [-0.25, -0.2) is 0 Å². The zero-order valence-corrected chi connectivity index (χ0v) is 16.4. The highest BCUT2D eigenvalue weighted by molar-refractivity contribution is 5.69. The molecule has 0 fully saturated rings. The van der Waals surface area contributed by atoms with E-state index in [0.717, 1.165) is 6.42 Å². The molecule has 0 aromatic heterocycles. The lowest BCUT2D eigenvalue weighted by Gasteiger charge is -2.28. The Labute approximate surface area is 163 Å². The van der Waals surface area contributed by atoms with Gasteiger partial charge in [0.05, 0.1) is 0 Å². The number of anilines is 1. The van der Waals surface area contributed by atoms with Gasteiger partial charge in [-0.3, -0.25) is 0 Å². The van der Waals surface area contributed by atoms with Crippen LogP contribution in [-0.4, -0.2) is 0 Å². The molecule has 1 aliphatic carbocycles. The molecular formula is C26H27N. The lowest BCUT2D eigenvalue weighted by atomic mass is 10.0. The van der Waals surface area contributed by atoms with Gasteiger partial charge < -0.3 is 4.90 Å². The molecular weight excluding hydrogens is 326 g/mol. The van der Waals surface area contributed by atoms with E-state index in [2.05, 4.69) is 123 Å².